The van der Waals surface area contributed by atoms with E-state index in [2.05, 4.69) is 5.32 Å². The average Bonchev–Trinajstić information content (AvgIpc) is 2.69. The third-order valence-corrected chi connectivity index (χ3v) is 3.99. The van der Waals surface area contributed by atoms with E-state index in [1.807, 2.05) is 43.3 Å². The Morgan fingerprint density at radius 3 is 2.19 bits per heavy atom. The number of anilines is 2. The number of carbonyl (C=O) groups is 1. The standard InChI is InChI=1S/C22H22N2O3/c1-16-7-10-18(23)15-21(16)24-22(25)17-8-11-20(12-9-17)27-14-13-26-19-5-3-2-4-6-19/h2-12,15H,13-14,23H2,1H3,(H,24,25). The largest absolute Gasteiger partial charge is 0.490 e. The molecule has 3 rings (SSSR count). The molecule has 3 aromatic carbocycles. The van der Waals surface area contributed by atoms with Crippen molar-refractivity contribution in [1.29, 1.82) is 0 Å². The zero-order valence-electron chi connectivity index (χ0n) is 15.1. The summed E-state index contributed by atoms with van der Waals surface area (Å²) in [5, 5.41) is 2.88. The number of nitrogens with two attached hydrogens (primary N) is 1. The van der Waals surface area contributed by atoms with Crippen LogP contribution >= 0.6 is 0 Å². The SMILES string of the molecule is Cc1ccc(N)cc1NC(=O)c1ccc(OCCOc2ccccc2)cc1. The summed E-state index contributed by atoms with van der Waals surface area (Å²) < 4.78 is 11.2. The summed E-state index contributed by atoms with van der Waals surface area (Å²) in [5.74, 6) is 1.30. The van der Waals surface area contributed by atoms with E-state index >= 15 is 0 Å². The Bertz CT molecular complexity index is 893. The van der Waals surface area contributed by atoms with Gasteiger partial charge < -0.3 is 20.5 Å². The molecule has 0 aromatic heterocycles. The molecule has 1 amide bonds. The minimum absolute atomic E-state index is 0.192. The second-order valence-corrected chi connectivity index (χ2v) is 6.06. The topological polar surface area (TPSA) is 73.6 Å². The number of aryl methyl sites for hydroxylation is 1. The number of amides is 1. The Hall–Kier alpha value is -3.47. The molecular weight excluding hydrogens is 340 g/mol. The number of ether oxygens (including phenoxy) is 2. The molecule has 0 aliphatic heterocycles. The molecule has 3 aromatic rings. The van der Waals surface area contributed by atoms with Gasteiger partial charge in [0.2, 0.25) is 0 Å². The van der Waals surface area contributed by atoms with Gasteiger partial charge in [0.05, 0.1) is 0 Å². The molecule has 0 saturated heterocycles. The molecule has 0 aliphatic rings. The monoisotopic (exact) mass is 362 g/mol. The minimum atomic E-state index is -0.192. The van der Waals surface area contributed by atoms with Crippen LogP contribution < -0.4 is 20.5 Å². The van der Waals surface area contributed by atoms with Gasteiger partial charge in [0.1, 0.15) is 24.7 Å². The van der Waals surface area contributed by atoms with Gasteiger partial charge in [0.25, 0.3) is 5.91 Å². The minimum Gasteiger partial charge on any atom is -0.490 e. The maximum atomic E-state index is 12.4. The van der Waals surface area contributed by atoms with E-state index in [1.165, 1.54) is 0 Å². The van der Waals surface area contributed by atoms with E-state index in [0.29, 0.717) is 35.9 Å². The first kappa shape index (κ1) is 18.3. The van der Waals surface area contributed by atoms with Crippen molar-refractivity contribution in [3.05, 3.63) is 83.9 Å². The molecule has 0 fully saturated rings. The third kappa shape index (κ3) is 5.25. The van der Waals surface area contributed by atoms with Gasteiger partial charge in [-0.2, -0.15) is 0 Å². The Morgan fingerprint density at radius 1 is 0.889 bits per heavy atom. The second kappa shape index (κ2) is 8.76. The van der Waals surface area contributed by atoms with E-state index in [4.69, 9.17) is 15.2 Å². The van der Waals surface area contributed by atoms with Gasteiger partial charge >= 0.3 is 0 Å². The number of hydrogen-bond acceptors (Lipinski definition) is 4. The normalized spacial score (nSPS) is 10.3. The smallest absolute Gasteiger partial charge is 0.255 e. The fraction of sp³-hybridized carbons (Fsp3) is 0.136. The van der Waals surface area contributed by atoms with Crippen molar-refractivity contribution in [2.75, 3.05) is 24.3 Å². The number of hydrogen-bond donors (Lipinski definition) is 2. The number of carbonyl (C=O) groups excluding carboxylic acids is 1. The van der Waals surface area contributed by atoms with Crippen LogP contribution in [0.3, 0.4) is 0 Å². The molecule has 27 heavy (non-hydrogen) atoms. The van der Waals surface area contributed by atoms with Crippen LogP contribution in [0.5, 0.6) is 11.5 Å². The van der Waals surface area contributed by atoms with Crippen LogP contribution in [0.25, 0.3) is 0 Å². The van der Waals surface area contributed by atoms with Crippen molar-refractivity contribution in [3.8, 4) is 11.5 Å². The van der Waals surface area contributed by atoms with Gasteiger partial charge in [0, 0.05) is 16.9 Å². The number of nitrogens with one attached hydrogen (secondary N) is 1. The van der Waals surface area contributed by atoms with Gasteiger partial charge in [0.15, 0.2) is 0 Å². The van der Waals surface area contributed by atoms with Gasteiger partial charge in [-0.1, -0.05) is 24.3 Å². The van der Waals surface area contributed by atoms with Crippen molar-refractivity contribution < 1.29 is 14.3 Å². The van der Waals surface area contributed by atoms with Crippen molar-refractivity contribution in [2.24, 2.45) is 0 Å². The van der Waals surface area contributed by atoms with Crippen molar-refractivity contribution >= 4 is 17.3 Å². The van der Waals surface area contributed by atoms with Gasteiger partial charge in [-0.05, 0) is 61.0 Å². The molecule has 138 valence electrons. The lowest BCUT2D eigenvalue weighted by Crippen LogP contribution is -2.13. The summed E-state index contributed by atoms with van der Waals surface area (Å²) in [6, 6.07) is 22.0. The molecule has 5 nitrogen and oxygen atoms in total. The highest BCUT2D eigenvalue weighted by Crippen LogP contribution is 2.20. The van der Waals surface area contributed by atoms with E-state index in [1.54, 1.807) is 36.4 Å². The molecule has 5 heteroatoms. The predicted molar refractivity (Wildman–Crippen MR) is 107 cm³/mol. The fourth-order valence-electron chi connectivity index (χ4n) is 2.51. The van der Waals surface area contributed by atoms with Gasteiger partial charge in [-0.15, -0.1) is 0 Å². The van der Waals surface area contributed by atoms with E-state index in [-0.39, 0.29) is 5.91 Å². The highest BCUT2D eigenvalue weighted by molar-refractivity contribution is 6.04. The first-order valence-corrected chi connectivity index (χ1v) is 8.70. The van der Waals surface area contributed by atoms with Crippen LogP contribution in [-0.4, -0.2) is 19.1 Å². The highest BCUT2D eigenvalue weighted by atomic mass is 16.5. The second-order valence-electron chi connectivity index (χ2n) is 6.06. The van der Waals surface area contributed by atoms with E-state index < -0.39 is 0 Å². The Labute approximate surface area is 158 Å². The summed E-state index contributed by atoms with van der Waals surface area (Å²) in [7, 11) is 0. The van der Waals surface area contributed by atoms with Crippen molar-refractivity contribution in [1.82, 2.24) is 0 Å². The lowest BCUT2D eigenvalue weighted by atomic mass is 10.1. The van der Waals surface area contributed by atoms with E-state index in [9.17, 15) is 4.79 Å². The van der Waals surface area contributed by atoms with Crippen LogP contribution in [0.2, 0.25) is 0 Å². The average molecular weight is 362 g/mol. The first-order chi connectivity index (χ1) is 13.1. The Balaban J connectivity index is 1.50. The molecular formula is C22H22N2O3. The van der Waals surface area contributed by atoms with Crippen LogP contribution in [0.4, 0.5) is 11.4 Å². The summed E-state index contributed by atoms with van der Waals surface area (Å²) in [6.07, 6.45) is 0. The quantitative estimate of drug-likeness (QED) is 0.486. The number of benzene rings is 3. The zero-order valence-corrected chi connectivity index (χ0v) is 15.1. The molecule has 0 radical (unpaired) electrons. The van der Waals surface area contributed by atoms with Gasteiger partial charge in [-0.25, -0.2) is 0 Å². The molecule has 0 atom stereocenters. The molecule has 0 heterocycles. The summed E-state index contributed by atoms with van der Waals surface area (Å²) in [6.45, 7) is 2.79. The summed E-state index contributed by atoms with van der Waals surface area (Å²) in [5.41, 5.74) is 8.59. The van der Waals surface area contributed by atoms with Crippen molar-refractivity contribution in [3.63, 3.8) is 0 Å². The first-order valence-electron chi connectivity index (χ1n) is 8.70. The zero-order chi connectivity index (χ0) is 19.1. The van der Waals surface area contributed by atoms with Crippen LogP contribution in [0.1, 0.15) is 15.9 Å². The van der Waals surface area contributed by atoms with Crippen LogP contribution in [0.15, 0.2) is 72.8 Å². The maximum absolute atomic E-state index is 12.4. The number of rotatable bonds is 7. The van der Waals surface area contributed by atoms with Crippen molar-refractivity contribution in [2.45, 2.75) is 6.92 Å². The fourth-order valence-corrected chi connectivity index (χ4v) is 2.51. The molecule has 0 unspecified atom stereocenters. The highest BCUT2D eigenvalue weighted by Gasteiger charge is 2.08. The molecule has 3 N–H and O–H groups in total. The van der Waals surface area contributed by atoms with Crippen LogP contribution in [0, 0.1) is 6.92 Å². The number of para-hydroxylation sites is 1. The molecule has 0 bridgehead atoms. The lowest BCUT2D eigenvalue weighted by molar-refractivity contribution is 0.102. The maximum Gasteiger partial charge on any atom is 0.255 e. The molecule has 0 spiro atoms. The molecule has 0 aliphatic carbocycles. The molecule has 0 saturated carbocycles. The third-order valence-electron chi connectivity index (χ3n) is 3.99. The Morgan fingerprint density at radius 2 is 1.52 bits per heavy atom. The van der Waals surface area contributed by atoms with Crippen LogP contribution in [-0.2, 0) is 0 Å². The van der Waals surface area contributed by atoms with E-state index in [0.717, 1.165) is 11.3 Å². The predicted octanol–water partition coefficient (Wildman–Crippen LogP) is 4.29. The lowest BCUT2D eigenvalue weighted by Gasteiger charge is -2.11. The summed E-state index contributed by atoms with van der Waals surface area (Å²) in [4.78, 5) is 12.4. The van der Waals surface area contributed by atoms with Gasteiger partial charge in [-0.3, -0.25) is 4.79 Å². The number of nitrogen functional groups attached to an aromatic ring is 1. The summed E-state index contributed by atoms with van der Waals surface area (Å²) >= 11 is 0. The Kier molecular flexibility index (Phi) is 5.94.